The number of carbonyl (C=O) groups is 1. The molecule has 1 fully saturated rings. The molecule has 2 heterocycles. The molecule has 0 N–H and O–H groups in total. The predicted octanol–water partition coefficient (Wildman–Crippen LogP) is 3.89. The number of hydrogen-bond donors (Lipinski definition) is 0. The number of rotatable bonds is 5. The summed E-state index contributed by atoms with van der Waals surface area (Å²) >= 11 is 3.46. The lowest BCUT2D eigenvalue weighted by molar-refractivity contribution is 0.0745. The molecule has 1 aliphatic rings. The first-order valence-corrected chi connectivity index (χ1v) is 10.7. The van der Waals surface area contributed by atoms with E-state index in [0.29, 0.717) is 43.2 Å². The van der Waals surface area contributed by atoms with Crippen LogP contribution in [0.4, 0.5) is 5.82 Å². The molecule has 31 heavy (non-hydrogen) atoms. The molecule has 1 amide bonds. The van der Waals surface area contributed by atoms with E-state index in [2.05, 4.69) is 31.0 Å². The maximum Gasteiger partial charge on any atom is 0.255 e. The maximum atomic E-state index is 12.8. The minimum absolute atomic E-state index is 0.0435. The Morgan fingerprint density at radius 2 is 1.65 bits per heavy atom. The molecule has 0 unspecified atom stereocenters. The van der Waals surface area contributed by atoms with Gasteiger partial charge in [0, 0.05) is 36.2 Å². The number of halogens is 1. The van der Waals surface area contributed by atoms with Crippen molar-refractivity contribution in [2.24, 2.45) is 0 Å². The molecular formula is C23H23BrN4O3. The summed E-state index contributed by atoms with van der Waals surface area (Å²) in [6.07, 6.45) is 0. The molecule has 1 aliphatic heterocycles. The Morgan fingerprint density at radius 3 is 2.29 bits per heavy atom. The van der Waals surface area contributed by atoms with Gasteiger partial charge in [-0.05, 0) is 58.4 Å². The third-order valence-electron chi connectivity index (χ3n) is 5.32. The Hall–Kier alpha value is -3.13. The van der Waals surface area contributed by atoms with E-state index in [4.69, 9.17) is 9.47 Å². The lowest BCUT2D eigenvalue weighted by atomic mass is 10.1. The van der Waals surface area contributed by atoms with E-state index >= 15 is 0 Å². The first-order valence-electron chi connectivity index (χ1n) is 9.95. The molecule has 3 aromatic rings. The van der Waals surface area contributed by atoms with Crippen LogP contribution in [-0.4, -0.2) is 61.4 Å². The summed E-state index contributed by atoms with van der Waals surface area (Å²) in [4.78, 5) is 16.8. The van der Waals surface area contributed by atoms with Crippen LogP contribution in [0.2, 0.25) is 0 Å². The Kier molecular flexibility index (Phi) is 6.36. The number of ether oxygens (including phenoxy) is 2. The van der Waals surface area contributed by atoms with Crippen LogP contribution < -0.4 is 14.4 Å². The van der Waals surface area contributed by atoms with Crippen molar-refractivity contribution < 1.29 is 14.3 Å². The van der Waals surface area contributed by atoms with Gasteiger partial charge in [-0.2, -0.15) is 0 Å². The molecule has 1 saturated heterocycles. The molecule has 0 radical (unpaired) electrons. The zero-order valence-electron chi connectivity index (χ0n) is 17.4. The Bertz CT molecular complexity index is 1070. The molecule has 0 spiro atoms. The fraction of sp³-hybridized carbons (Fsp3) is 0.261. The number of hydrogen-bond acceptors (Lipinski definition) is 6. The van der Waals surface area contributed by atoms with Crippen LogP contribution in [0.25, 0.3) is 11.3 Å². The summed E-state index contributed by atoms with van der Waals surface area (Å²) in [6.45, 7) is 2.69. The van der Waals surface area contributed by atoms with Crippen LogP contribution in [0, 0.1) is 0 Å². The van der Waals surface area contributed by atoms with Crippen LogP contribution in [0.15, 0.2) is 59.1 Å². The summed E-state index contributed by atoms with van der Waals surface area (Å²) in [6, 6.07) is 17.1. The highest BCUT2D eigenvalue weighted by Gasteiger charge is 2.24. The minimum Gasteiger partial charge on any atom is -0.493 e. The van der Waals surface area contributed by atoms with Crippen LogP contribution in [0.1, 0.15) is 10.4 Å². The summed E-state index contributed by atoms with van der Waals surface area (Å²) in [5, 5.41) is 8.81. The summed E-state index contributed by atoms with van der Waals surface area (Å²) in [5.74, 6) is 2.17. The summed E-state index contributed by atoms with van der Waals surface area (Å²) in [7, 11) is 3.22. The molecule has 8 heteroatoms. The van der Waals surface area contributed by atoms with Crippen molar-refractivity contribution >= 4 is 27.7 Å². The fourth-order valence-corrected chi connectivity index (χ4v) is 4.04. The minimum atomic E-state index is 0.0435. The lowest BCUT2D eigenvalue weighted by Crippen LogP contribution is -2.49. The summed E-state index contributed by atoms with van der Waals surface area (Å²) in [5.41, 5.74) is 2.35. The number of nitrogens with zero attached hydrogens (tertiary/aromatic N) is 4. The number of aromatic nitrogens is 2. The van der Waals surface area contributed by atoms with Gasteiger partial charge in [0.05, 0.1) is 25.5 Å². The number of carbonyl (C=O) groups excluding carboxylic acids is 1. The van der Waals surface area contributed by atoms with Crippen molar-refractivity contribution in [1.29, 1.82) is 0 Å². The highest BCUT2D eigenvalue weighted by Crippen LogP contribution is 2.31. The lowest BCUT2D eigenvalue weighted by Gasteiger charge is -2.35. The quantitative estimate of drug-likeness (QED) is 0.549. The molecule has 0 bridgehead atoms. The van der Waals surface area contributed by atoms with E-state index in [-0.39, 0.29) is 5.91 Å². The van der Waals surface area contributed by atoms with Gasteiger partial charge >= 0.3 is 0 Å². The second-order valence-electron chi connectivity index (χ2n) is 7.11. The Balaban J connectivity index is 1.42. The van der Waals surface area contributed by atoms with Gasteiger partial charge < -0.3 is 19.3 Å². The molecule has 2 aromatic carbocycles. The first-order chi connectivity index (χ1) is 15.1. The number of amides is 1. The SMILES string of the molecule is COc1ccc(-c2ccc(N3CCN(C(=O)c4ccccc4Br)CC3)nn2)cc1OC. The van der Waals surface area contributed by atoms with E-state index in [1.54, 1.807) is 14.2 Å². The van der Waals surface area contributed by atoms with E-state index in [0.717, 1.165) is 21.5 Å². The number of methoxy groups -OCH3 is 2. The van der Waals surface area contributed by atoms with Gasteiger partial charge in [0.1, 0.15) is 0 Å². The van der Waals surface area contributed by atoms with Crippen molar-refractivity contribution in [3.05, 3.63) is 64.6 Å². The molecule has 4 rings (SSSR count). The van der Waals surface area contributed by atoms with Crippen LogP contribution in [0.5, 0.6) is 11.5 Å². The normalized spacial score (nSPS) is 13.8. The van der Waals surface area contributed by atoms with Gasteiger partial charge in [-0.25, -0.2) is 0 Å². The standard InChI is InChI=1S/C23H23BrN4O3/c1-30-20-9-7-16(15-21(20)31-2)19-8-10-22(26-25-19)27-11-13-28(14-12-27)23(29)17-5-3-4-6-18(17)24/h3-10,15H,11-14H2,1-2H3. The first kappa shape index (κ1) is 21.1. The third kappa shape index (κ3) is 4.49. The topological polar surface area (TPSA) is 67.8 Å². The highest BCUT2D eigenvalue weighted by atomic mass is 79.9. The van der Waals surface area contributed by atoms with Gasteiger partial charge in [-0.15, -0.1) is 10.2 Å². The Labute approximate surface area is 189 Å². The van der Waals surface area contributed by atoms with Gasteiger partial charge in [-0.1, -0.05) is 12.1 Å². The molecule has 1 aromatic heterocycles. The van der Waals surface area contributed by atoms with Gasteiger partial charge in [-0.3, -0.25) is 4.79 Å². The monoisotopic (exact) mass is 482 g/mol. The average molecular weight is 483 g/mol. The molecule has 7 nitrogen and oxygen atoms in total. The van der Waals surface area contributed by atoms with Gasteiger partial charge in [0.15, 0.2) is 17.3 Å². The third-order valence-corrected chi connectivity index (χ3v) is 6.02. The van der Waals surface area contributed by atoms with E-state index in [9.17, 15) is 4.79 Å². The van der Waals surface area contributed by atoms with Crippen molar-refractivity contribution in [2.45, 2.75) is 0 Å². The highest BCUT2D eigenvalue weighted by molar-refractivity contribution is 9.10. The zero-order valence-corrected chi connectivity index (χ0v) is 19.0. The number of piperazine rings is 1. The van der Waals surface area contributed by atoms with E-state index in [1.165, 1.54) is 0 Å². The average Bonchev–Trinajstić information content (AvgIpc) is 2.83. The van der Waals surface area contributed by atoms with Crippen molar-refractivity contribution in [3.63, 3.8) is 0 Å². The molecule has 0 aliphatic carbocycles. The van der Waals surface area contributed by atoms with E-state index < -0.39 is 0 Å². The number of anilines is 1. The Morgan fingerprint density at radius 1 is 0.903 bits per heavy atom. The van der Waals surface area contributed by atoms with Gasteiger partial charge in [0.2, 0.25) is 0 Å². The maximum absolute atomic E-state index is 12.8. The zero-order chi connectivity index (χ0) is 21.8. The van der Waals surface area contributed by atoms with Crippen LogP contribution in [0.3, 0.4) is 0 Å². The molecule has 160 valence electrons. The van der Waals surface area contributed by atoms with Crippen LogP contribution >= 0.6 is 15.9 Å². The molecule has 0 saturated carbocycles. The van der Waals surface area contributed by atoms with Gasteiger partial charge in [0.25, 0.3) is 5.91 Å². The molecular weight excluding hydrogens is 460 g/mol. The second-order valence-corrected chi connectivity index (χ2v) is 7.96. The van der Waals surface area contributed by atoms with Crippen molar-refractivity contribution in [1.82, 2.24) is 15.1 Å². The summed E-state index contributed by atoms with van der Waals surface area (Å²) < 4.78 is 11.5. The molecule has 0 atom stereocenters. The largest absolute Gasteiger partial charge is 0.493 e. The number of benzene rings is 2. The predicted molar refractivity (Wildman–Crippen MR) is 123 cm³/mol. The van der Waals surface area contributed by atoms with Crippen molar-refractivity contribution in [3.8, 4) is 22.8 Å². The van der Waals surface area contributed by atoms with E-state index in [1.807, 2.05) is 59.5 Å². The fourth-order valence-electron chi connectivity index (χ4n) is 3.59. The van der Waals surface area contributed by atoms with Crippen molar-refractivity contribution in [2.75, 3.05) is 45.3 Å². The second kappa shape index (κ2) is 9.34. The van der Waals surface area contributed by atoms with Crippen LogP contribution in [-0.2, 0) is 0 Å². The smallest absolute Gasteiger partial charge is 0.255 e.